The molecular formula is C24H28BrN5O2. The predicted molar refractivity (Wildman–Crippen MR) is 128 cm³/mol. The summed E-state index contributed by atoms with van der Waals surface area (Å²) in [6.07, 6.45) is 6.05. The first-order valence-corrected chi connectivity index (χ1v) is 12.0. The quantitative estimate of drug-likeness (QED) is 0.532. The number of H-pyrrole nitrogens is 1. The number of nitrogens with one attached hydrogen (secondary N) is 2. The molecule has 6 rings (SSSR count). The van der Waals surface area contributed by atoms with Gasteiger partial charge in [-0.3, -0.25) is 14.7 Å². The number of carbonyl (C=O) groups is 1. The number of ketones is 1. The van der Waals surface area contributed by atoms with Crippen molar-refractivity contribution in [2.75, 3.05) is 5.32 Å². The molecule has 2 heterocycles. The van der Waals surface area contributed by atoms with Gasteiger partial charge in [0.15, 0.2) is 5.78 Å². The lowest BCUT2D eigenvalue weighted by Gasteiger charge is -2.62. The molecule has 2 aromatic heterocycles. The van der Waals surface area contributed by atoms with Crippen LogP contribution in [0.3, 0.4) is 0 Å². The Morgan fingerprint density at radius 3 is 2.88 bits per heavy atom. The highest BCUT2D eigenvalue weighted by atomic mass is 79.9. The Hall–Kier alpha value is -2.48. The first-order chi connectivity index (χ1) is 15.2. The summed E-state index contributed by atoms with van der Waals surface area (Å²) in [6.45, 7) is 7.00. The minimum absolute atomic E-state index is 0.0562. The van der Waals surface area contributed by atoms with Gasteiger partial charge >= 0.3 is 0 Å². The number of fused-ring (bicyclic) bond motifs is 3. The molecule has 8 heteroatoms. The zero-order valence-corrected chi connectivity index (χ0v) is 20.1. The van der Waals surface area contributed by atoms with Gasteiger partial charge in [0.1, 0.15) is 11.0 Å². The molecular weight excluding hydrogens is 470 g/mol. The van der Waals surface area contributed by atoms with E-state index in [9.17, 15) is 9.59 Å². The zero-order valence-electron chi connectivity index (χ0n) is 18.6. The summed E-state index contributed by atoms with van der Waals surface area (Å²) in [5.74, 6) is 1.91. The summed E-state index contributed by atoms with van der Waals surface area (Å²) in [5, 5.41) is 15.7. The van der Waals surface area contributed by atoms with E-state index in [0.717, 1.165) is 28.8 Å². The van der Waals surface area contributed by atoms with Crippen molar-refractivity contribution in [2.45, 2.75) is 52.6 Å². The molecule has 0 radical (unpaired) electrons. The summed E-state index contributed by atoms with van der Waals surface area (Å²) in [4.78, 5) is 25.5. The van der Waals surface area contributed by atoms with Gasteiger partial charge in [-0.25, -0.2) is 4.68 Å². The normalized spacial score (nSPS) is 26.0. The molecule has 0 spiro atoms. The van der Waals surface area contributed by atoms with Crippen molar-refractivity contribution >= 4 is 38.3 Å². The van der Waals surface area contributed by atoms with Crippen molar-refractivity contribution in [3.05, 3.63) is 51.0 Å². The number of hydrogen-bond acceptors (Lipinski definition) is 5. The molecule has 3 aliphatic carbocycles. The number of nitrogens with zero attached hydrogens (tertiary/aromatic N) is 3. The smallest absolute Gasteiger partial charge is 0.283 e. The van der Waals surface area contributed by atoms with Crippen molar-refractivity contribution < 1.29 is 4.79 Å². The van der Waals surface area contributed by atoms with Gasteiger partial charge in [0.2, 0.25) is 0 Å². The second-order valence-corrected chi connectivity index (χ2v) is 10.8. The second kappa shape index (κ2) is 7.83. The second-order valence-electron chi connectivity index (χ2n) is 10.0. The highest BCUT2D eigenvalue weighted by Gasteiger charge is 2.56. The number of hydrogen-bond donors (Lipinski definition) is 2. The molecule has 3 aliphatic rings. The Morgan fingerprint density at radius 2 is 2.12 bits per heavy atom. The third-order valence-electron chi connectivity index (χ3n) is 7.91. The monoisotopic (exact) mass is 497 g/mol. The Kier molecular flexibility index (Phi) is 5.23. The molecule has 0 amide bonds. The van der Waals surface area contributed by atoms with Crippen molar-refractivity contribution in [2.24, 2.45) is 23.2 Å². The number of aromatic nitrogens is 4. The highest BCUT2D eigenvalue weighted by molar-refractivity contribution is 9.10. The number of benzene rings is 1. The lowest BCUT2D eigenvalue weighted by molar-refractivity contribution is -0.119. The lowest BCUT2D eigenvalue weighted by atomic mass is 9.45. The molecule has 0 aliphatic heterocycles. The summed E-state index contributed by atoms with van der Waals surface area (Å²) < 4.78 is 1.67. The SMILES string of the molecule is C[C@H]1[C@H](Nc2cnn(CC(=O)Cc3ccc4[nH]ncc4c3)c(=O)c2Br)C[C@H]2C[C@@H]1C2(C)C. The maximum Gasteiger partial charge on any atom is 0.283 e. The van der Waals surface area contributed by atoms with E-state index in [1.165, 1.54) is 11.1 Å². The predicted octanol–water partition coefficient (Wildman–Crippen LogP) is 4.18. The summed E-state index contributed by atoms with van der Waals surface area (Å²) in [7, 11) is 0. The number of aromatic amines is 1. The summed E-state index contributed by atoms with van der Waals surface area (Å²) in [6, 6.07) is 6.07. The van der Waals surface area contributed by atoms with E-state index in [2.05, 4.69) is 57.3 Å². The molecule has 0 unspecified atom stereocenters. The van der Waals surface area contributed by atoms with Crippen LogP contribution < -0.4 is 10.9 Å². The Morgan fingerprint density at radius 1 is 1.31 bits per heavy atom. The van der Waals surface area contributed by atoms with E-state index >= 15 is 0 Å². The van der Waals surface area contributed by atoms with E-state index in [1.807, 2.05) is 18.2 Å². The van der Waals surface area contributed by atoms with Crippen molar-refractivity contribution in [1.29, 1.82) is 0 Å². The molecule has 2 N–H and O–H groups in total. The van der Waals surface area contributed by atoms with E-state index < -0.39 is 0 Å². The first-order valence-electron chi connectivity index (χ1n) is 11.2. The fraction of sp³-hybridized carbons (Fsp3) is 0.500. The number of rotatable bonds is 6. The molecule has 7 nitrogen and oxygen atoms in total. The van der Waals surface area contributed by atoms with Gasteiger partial charge in [0.05, 0.1) is 23.6 Å². The molecule has 1 aromatic carbocycles. The molecule has 4 atom stereocenters. The van der Waals surface area contributed by atoms with Gasteiger partial charge < -0.3 is 5.32 Å². The van der Waals surface area contributed by atoms with Crippen LogP contribution in [0.4, 0.5) is 5.69 Å². The van der Waals surface area contributed by atoms with Crippen LogP contribution in [0.2, 0.25) is 0 Å². The lowest BCUT2D eigenvalue weighted by Crippen LogP contribution is -2.58. The molecule has 3 aromatic rings. The standard InChI is InChI=1S/C24H28BrN5O2/c1-13-18-8-16(24(18,2)3)9-20(13)28-21-11-27-30(23(32)22(21)25)12-17(31)7-14-4-5-19-15(6-14)10-26-29-19/h4-6,10-11,13,16,18,20,28H,7-9,12H2,1-3H3,(H,26,29)/t13-,16-,18+,20-/m1/s1. The van der Waals surface area contributed by atoms with Gasteiger partial charge in [-0.1, -0.05) is 26.8 Å². The van der Waals surface area contributed by atoms with Gasteiger partial charge in [0.25, 0.3) is 5.56 Å². The van der Waals surface area contributed by atoms with Gasteiger partial charge in [-0.2, -0.15) is 10.2 Å². The number of Topliss-reactive ketones (excluding diaryl/α,β-unsaturated/α-hetero) is 1. The minimum atomic E-state index is -0.289. The Bertz CT molecular complexity index is 1250. The van der Waals surface area contributed by atoms with Crippen LogP contribution in [0.5, 0.6) is 0 Å². The van der Waals surface area contributed by atoms with Crippen LogP contribution in [0, 0.1) is 23.2 Å². The first kappa shape index (κ1) is 21.4. The van der Waals surface area contributed by atoms with Crippen LogP contribution in [0.1, 0.15) is 39.2 Å². The average molecular weight is 498 g/mol. The Labute approximate surface area is 195 Å². The van der Waals surface area contributed by atoms with E-state index in [-0.39, 0.29) is 24.3 Å². The molecule has 3 saturated carbocycles. The third-order valence-corrected chi connectivity index (χ3v) is 8.68. The van der Waals surface area contributed by atoms with E-state index in [0.29, 0.717) is 33.5 Å². The maximum absolute atomic E-state index is 12.9. The van der Waals surface area contributed by atoms with Crippen molar-refractivity contribution in [1.82, 2.24) is 20.0 Å². The van der Waals surface area contributed by atoms with Crippen LogP contribution in [-0.2, 0) is 17.8 Å². The van der Waals surface area contributed by atoms with Gasteiger partial charge in [0, 0.05) is 17.8 Å². The number of halogens is 1. The summed E-state index contributed by atoms with van der Waals surface area (Å²) in [5.41, 5.74) is 2.66. The average Bonchev–Trinajstić information content (AvgIpc) is 3.22. The van der Waals surface area contributed by atoms with Crippen molar-refractivity contribution in [3.63, 3.8) is 0 Å². The zero-order chi connectivity index (χ0) is 22.6. The largest absolute Gasteiger partial charge is 0.380 e. The van der Waals surface area contributed by atoms with Gasteiger partial charge in [-0.05, 0) is 69.6 Å². The number of anilines is 1. The van der Waals surface area contributed by atoms with Crippen molar-refractivity contribution in [3.8, 4) is 0 Å². The maximum atomic E-state index is 12.9. The topological polar surface area (TPSA) is 92.7 Å². The minimum Gasteiger partial charge on any atom is -0.380 e. The number of carbonyl (C=O) groups excluding carboxylic acids is 1. The molecule has 32 heavy (non-hydrogen) atoms. The Balaban J connectivity index is 1.26. The molecule has 0 saturated heterocycles. The molecule has 2 bridgehead atoms. The highest BCUT2D eigenvalue weighted by Crippen LogP contribution is 2.61. The van der Waals surface area contributed by atoms with Crippen LogP contribution in [0.25, 0.3) is 10.9 Å². The molecule has 3 fully saturated rings. The third kappa shape index (κ3) is 3.58. The van der Waals surface area contributed by atoms with Crippen LogP contribution in [-0.4, -0.2) is 31.8 Å². The van der Waals surface area contributed by atoms with Crippen LogP contribution in [0.15, 0.2) is 39.9 Å². The molecule has 168 valence electrons. The fourth-order valence-electron chi connectivity index (χ4n) is 5.77. The summed E-state index contributed by atoms with van der Waals surface area (Å²) >= 11 is 3.45. The van der Waals surface area contributed by atoms with Crippen LogP contribution >= 0.6 is 15.9 Å². The van der Waals surface area contributed by atoms with E-state index in [1.54, 1.807) is 12.4 Å². The van der Waals surface area contributed by atoms with E-state index in [4.69, 9.17) is 0 Å². The van der Waals surface area contributed by atoms with Gasteiger partial charge in [-0.15, -0.1) is 0 Å². The fourth-order valence-corrected chi connectivity index (χ4v) is 6.19.